The fraction of sp³-hybridized carbons (Fsp3) is 0.423. The molecule has 8 heteroatoms. The largest absolute Gasteiger partial charge is 0.480 e. The Balaban J connectivity index is 1.21. The van der Waals surface area contributed by atoms with Crippen LogP contribution in [-0.2, 0) is 19.1 Å². The fourth-order valence-corrected chi connectivity index (χ4v) is 5.06. The third-order valence-electron chi connectivity index (χ3n) is 7.12. The quantitative estimate of drug-likeness (QED) is 0.622. The first-order valence-corrected chi connectivity index (χ1v) is 11.6. The summed E-state index contributed by atoms with van der Waals surface area (Å²) in [6, 6.07) is 16.3. The first kappa shape index (κ1) is 22.4. The zero-order valence-electron chi connectivity index (χ0n) is 19.0. The highest BCUT2D eigenvalue weighted by molar-refractivity contribution is 5.91. The predicted molar refractivity (Wildman–Crippen MR) is 123 cm³/mol. The Hall–Kier alpha value is -3.39. The summed E-state index contributed by atoms with van der Waals surface area (Å²) in [5.41, 5.74) is 3.52. The molecule has 1 saturated heterocycles. The zero-order chi connectivity index (χ0) is 23.9. The van der Waals surface area contributed by atoms with E-state index in [0.29, 0.717) is 13.1 Å². The Bertz CT molecular complexity index is 1080. The minimum atomic E-state index is -1.06. The standard InChI is InChI=1S/C26H28N2O6/c1-26(16-10-11-16,24(31)28-12-17(13-28)33-15-23(29)30)27-25(32)34-14-22-20-8-4-2-6-18(20)19-7-3-5-9-21(19)22/h2-9,16-17,22H,10-15H2,1H3,(H,27,32)(H,29,30). The number of nitrogens with one attached hydrogen (secondary N) is 1. The lowest BCUT2D eigenvalue weighted by Crippen LogP contribution is -2.65. The van der Waals surface area contributed by atoms with E-state index >= 15 is 0 Å². The lowest BCUT2D eigenvalue weighted by Gasteiger charge is -2.43. The number of amides is 2. The average molecular weight is 465 g/mol. The van der Waals surface area contributed by atoms with Crippen LogP contribution in [0.25, 0.3) is 11.1 Å². The van der Waals surface area contributed by atoms with Crippen LogP contribution < -0.4 is 5.32 Å². The van der Waals surface area contributed by atoms with Gasteiger partial charge in [-0.25, -0.2) is 9.59 Å². The van der Waals surface area contributed by atoms with Gasteiger partial charge in [0.25, 0.3) is 0 Å². The Morgan fingerprint density at radius 3 is 2.18 bits per heavy atom. The molecule has 1 aliphatic heterocycles. The number of carbonyl (C=O) groups excluding carboxylic acids is 2. The summed E-state index contributed by atoms with van der Waals surface area (Å²) in [5, 5.41) is 11.6. The highest BCUT2D eigenvalue weighted by Gasteiger charge is 2.52. The molecule has 0 aromatic heterocycles. The third kappa shape index (κ3) is 4.14. The third-order valence-corrected chi connectivity index (χ3v) is 7.12. The van der Waals surface area contributed by atoms with E-state index in [1.54, 1.807) is 11.8 Å². The van der Waals surface area contributed by atoms with Crippen LogP contribution in [0.5, 0.6) is 0 Å². The summed E-state index contributed by atoms with van der Waals surface area (Å²) in [4.78, 5) is 38.3. The van der Waals surface area contributed by atoms with Gasteiger partial charge >= 0.3 is 12.1 Å². The van der Waals surface area contributed by atoms with Gasteiger partial charge in [0.1, 0.15) is 18.8 Å². The van der Waals surface area contributed by atoms with E-state index in [0.717, 1.165) is 35.1 Å². The Morgan fingerprint density at radius 1 is 1.03 bits per heavy atom. The molecule has 34 heavy (non-hydrogen) atoms. The maximum Gasteiger partial charge on any atom is 0.408 e. The number of carboxylic acid groups (broad SMARTS) is 1. The van der Waals surface area contributed by atoms with Gasteiger partial charge in [-0.1, -0.05) is 48.5 Å². The number of likely N-dealkylation sites (tertiary alicyclic amines) is 1. The molecule has 2 fully saturated rings. The van der Waals surface area contributed by atoms with Gasteiger partial charge in [-0.3, -0.25) is 4.79 Å². The molecule has 0 radical (unpaired) electrons. The van der Waals surface area contributed by atoms with Crippen molar-refractivity contribution in [2.45, 2.75) is 37.3 Å². The van der Waals surface area contributed by atoms with Gasteiger partial charge in [0, 0.05) is 19.0 Å². The number of nitrogens with zero attached hydrogens (tertiary/aromatic N) is 1. The molecule has 1 unspecified atom stereocenters. The molecule has 2 aromatic carbocycles. The molecule has 178 valence electrons. The molecule has 2 aromatic rings. The molecule has 1 heterocycles. The molecule has 0 bridgehead atoms. The molecular formula is C26H28N2O6. The molecule has 0 spiro atoms. The highest BCUT2D eigenvalue weighted by Crippen LogP contribution is 2.45. The van der Waals surface area contributed by atoms with E-state index in [1.807, 2.05) is 24.3 Å². The summed E-state index contributed by atoms with van der Waals surface area (Å²) in [6.45, 7) is 2.19. The summed E-state index contributed by atoms with van der Waals surface area (Å²) >= 11 is 0. The van der Waals surface area contributed by atoms with Gasteiger partial charge < -0.3 is 24.8 Å². The van der Waals surface area contributed by atoms with E-state index < -0.39 is 17.6 Å². The van der Waals surface area contributed by atoms with E-state index in [2.05, 4.69) is 29.6 Å². The smallest absolute Gasteiger partial charge is 0.408 e. The van der Waals surface area contributed by atoms with Gasteiger partial charge in [0.05, 0.1) is 6.10 Å². The van der Waals surface area contributed by atoms with Crippen LogP contribution >= 0.6 is 0 Å². The molecule has 1 atom stereocenters. The van der Waals surface area contributed by atoms with Crippen molar-refractivity contribution >= 4 is 18.0 Å². The van der Waals surface area contributed by atoms with Crippen LogP contribution in [0, 0.1) is 5.92 Å². The van der Waals surface area contributed by atoms with Gasteiger partial charge in [-0.2, -0.15) is 0 Å². The molecule has 1 saturated carbocycles. The van der Waals surface area contributed by atoms with E-state index in [1.165, 1.54) is 0 Å². The summed E-state index contributed by atoms with van der Waals surface area (Å²) in [7, 11) is 0. The highest BCUT2D eigenvalue weighted by atomic mass is 16.5. The van der Waals surface area contributed by atoms with Crippen molar-refractivity contribution in [3.63, 3.8) is 0 Å². The van der Waals surface area contributed by atoms with Crippen molar-refractivity contribution in [1.82, 2.24) is 10.2 Å². The van der Waals surface area contributed by atoms with E-state index in [9.17, 15) is 14.4 Å². The lowest BCUT2D eigenvalue weighted by atomic mass is 9.92. The van der Waals surface area contributed by atoms with Crippen molar-refractivity contribution in [3.05, 3.63) is 59.7 Å². The zero-order valence-corrected chi connectivity index (χ0v) is 19.0. The monoisotopic (exact) mass is 464 g/mol. The molecule has 2 amide bonds. The number of ether oxygens (including phenoxy) is 2. The van der Waals surface area contributed by atoms with Crippen LogP contribution in [-0.4, -0.2) is 65.9 Å². The Morgan fingerprint density at radius 2 is 1.62 bits per heavy atom. The number of hydrogen-bond donors (Lipinski definition) is 2. The summed E-state index contributed by atoms with van der Waals surface area (Å²) in [6.07, 6.45) is 0.818. The van der Waals surface area contributed by atoms with Crippen molar-refractivity contribution < 1.29 is 29.0 Å². The van der Waals surface area contributed by atoms with Crippen molar-refractivity contribution in [2.24, 2.45) is 5.92 Å². The number of fused-ring (bicyclic) bond motifs is 3. The van der Waals surface area contributed by atoms with Gasteiger partial charge in [0.15, 0.2) is 0 Å². The first-order valence-electron chi connectivity index (χ1n) is 11.6. The number of rotatable bonds is 8. The Labute approximate surface area is 197 Å². The van der Waals surface area contributed by atoms with Crippen molar-refractivity contribution in [2.75, 3.05) is 26.3 Å². The minimum Gasteiger partial charge on any atom is -0.480 e. The van der Waals surface area contributed by atoms with Crippen molar-refractivity contribution in [1.29, 1.82) is 0 Å². The van der Waals surface area contributed by atoms with Gasteiger partial charge in [0.2, 0.25) is 5.91 Å². The molecule has 2 aliphatic carbocycles. The van der Waals surface area contributed by atoms with Gasteiger partial charge in [-0.05, 0) is 47.9 Å². The molecule has 2 N–H and O–H groups in total. The summed E-state index contributed by atoms with van der Waals surface area (Å²) < 4.78 is 10.9. The number of carboxylic acids is 1. The van der Waals surface area contributed by atoms with Gasteiger partial charge in [-0.15, -0.1) is 0 Å². The van der Waals surface area contributed by atoms with Crippen LogP contribution in [0.15, 0.2) is 48.5 Å². The van der Waals surface area contributed by atoms with Crippen molar-refractivity contribution in [3.8, 4) is 11.1 Å². The number of carbonyl (C=O) groups is 3. The first-order chi connectivity index (χ1) is 16.4. The Kier molecular flexibility index (Phi) is 5.77. The van der Waals surface area contributed by atoms with Crippen LogP contribution in [0.4, 0.5) is 4.79 Å². The average Bonchev–Trinajstić information content (AvgIpc) is 3.60. The second-order valence-electron chi connectivity index (χ2n) is 9.46. The number of aliphatic carboxylic acids is 1. The van der Waals surface area contributed by atoms with Crippen LogP contribution in [0.1, 0.15) is 36.8 Å². The molecule has 8 nitrogen and oxygen atoms in total. The predicted octanol–water partition coefficient (Wildman–Crippen LogP) is 3.01. The second kappa shape index (κ2) is 8.76. The number of benzene rings is 2. The van der Waals surface area contributed by atoms with E-state index in [-0.39, 0.29) is 37.1 Å². The van der Waals surface area contributed by atoms with Crippen LogP contribution in [0.2, 0.25) is 0 Å². The van der Waals surface area contributed by atoms with Crippen LogP contribution in [0.3, 0.4) is 0 Å². The maximum absolute atomic E-state index is 13.2. The fourth-order valence-electron chi connectivity index (χ4n) is 5.06. The normalized spacial score (nSPS) is 18.9. The number of hydrogen-bond acceptors (Lipinski definition) is 5. The topological polar surface area (TPSA) is 105 Å². The molecule has 3 aliphatic rings. The summed E-state index contributed by atoms with van der Waals surface area (Å²) in [5.74, 6) is -1.22. The number of alkyl carbamates (subject to hydrolysis) is 1. The lowest BCUT2D eigenvalue weighted by molar-refractivity contribution is -0.158. The molecular weight excluding hydrogens is 436 g/mol. The van der Waals surface area contributed by atoms with E-state index in [4.69, 9.17) is 14.6 Å². The SMILES string of the molecule is CC(NC(=O)OCC1c2ccccc2-c2ccccc21)(C(=O)N1CC(OCC(=O)O)C1)C1CC1. The minimum absolute atomic E-state index is 0.0523. The molecule has 5 rings (SSSR count). The second-order valence-corrected chi connectivity index (χ2v) is 9.46. The maximum atomic E-state index is 13.2.